The van der Waals surface area contributed by atoms with Gasteiger partial charge in [0, 0.05) is 17.8 Å². The first-order valence-corrected chi connectivity index (χ1v) is 4.16. The third-order valence-electron chi connectivity index (χ3n) is 1.64. The predicted molar refractivity (Wildman–Crippen MR) is 59.6 cm³/mol. The number of carbonyl (C=O) groups is 1. The molecule has 0 aliphatic heterocycles. The summed E-state index contributed by atoms with van der Waals surface area (Å²) in [5.74, 6) is -0.850. The van der Waals surface area contributed by atoms with Crippen LogP contribution < -0.4 is 4.90 Å². The van der Waals surface area contributed by atoms with Gasteiger partial charge in [-0.2, -0.15) is 0 Å². The lowest BCUT2D eigenvalue weighted by Gasteiger charge is -2.16. The van der Waals surface area contributed by atoms with Crippen LogP contribution in [0, 0.1) is 0 Å². The number of carboxylic acids is 1. The van der Waals surface area contributed by atoms with Gasteiger partial charge in [-0.25, -0.2) is 0 Å². The number of rotatable bonds is 3. The molecule has 14 heavy (non-hydrogen) atoms. The van der Waals surface area contributed by atoms with Crippen molar-refractivity contribution >= 4 is 35.7 Å². The quantitative estimate of drug-likeness (QED) is 0.875. The van der Waals surface area contributed by atoms with E-state index < -0.39 is 5.97 Å². The van der Waals surface area contributed by atoms with E-state index in [1.807, 2.05) is 0 Å². The number of hydrogen-bond donors (Lipinski definition) is 1. The average molecular weight is 236 g/mol. The Morgan fingerprint density at radius 3 is 2.36 bits per heavy atom. The Hall–Kier alpha value is -0.930. The SMILES string of the molecule is CN(CC(=O)O)c1ccc(Cl)cc1.Cl. The first-order chi connectivity index (χ1) is 6.09. The molecule has 0 aliphatic rings. The van der Waals surface area contributed by atoms with E-state index >= 15 is 0 Å². The fourth-order valence-electron chi connectivity index (χ4n) is 0.990. The highest BCUT2D eigenvalue weighted by atomic mass is 35.5. The van der Waals surface area contributed by atoms with Gasteiger partial charge in [0.25, 0.3) is 0 Å². The average Bonchev–Trinajstić information content (AvgIpc) is 2.04. The minimum absolute atomic E-state index is 0. The van der Waals surface area contributed by atoms with E-state index in [0.29, 0.717) is 5.02 Å². The Kier molecular flexibility index (Phi) is 5.35. The van der Waals surface area contributed by atoms with Gasteiger partial charge >= 0.3 is 5.97 Å². The molecule has 3 nitrogen and oxygen atoms in total. The zero-order valence-corrected chi connectivity index (χ0v) is 9.18. The normalized spacial score (nSPS) is 9.00. The van der Waals surface area contributed by atoms with Crippen molar-refractivity contribution in [3.63, 3.8) is 0 Å². The van der Waals surface area contributed by atoms with Crippen molar-refractivity contribution in [3.05, 3.63) is 29.3 Å². The second-order valence-electron chi connectivity index (χ2n) is 2.73. The number of hydrogen-bond acceptors (Lipinski definition) is 2. The number of benzene rings is 1. The molecule has 0 spiro atoms. The van der Waals surface area contributed by atoms with Crippen LogP contribution in [0.3, 0.4) is 0 Å². The Balaban J connectivity index is 0.00000169. The Morgan fingerprint density at radius 2 is 1.93 bits per heavy atom. The van der Waals surface area contributed by atoms with Crippen LogP contribution >= 0.6 is 24.0 Å². The summed E-state index contributed by atoms with van der Waals surface area (Å²) in [6.07, 6.45) is 0. The molecule has 1 aromatic carbocycles. The molecule has 0 heterocycles. The molecule has 0 fully saturated rings. The number of halogens is 2. The summed E-state index contributed by atoms with van der Waals surface area (Å²) in [6, 6.07) is 7.03. The number of anilines is 1. The smallest absolute Gasteiger partial charge is 0.323 e. The maximum Gasteiger partial charge on any atom is 0.323 e. The highest BCUT2D eigenvalue weighted by molar-refractivity contribution is 6.30. The maximum absolute atomic E-state index is 10.4. The van der Waals surface area contributed by atoms with Crippen molar-refractivity contribution in [2.75, 3.05) is 18.5 Å². The minimum Gasteiger partial charge on any atom is -0.480 e. The third-order valence-corrected chi connectivity index (χ3v) is 1.89. The van der Waals surface area contributed by atoms with E-state index in [2.05, 4.69) is 0 Å². The van der Waals surface area contributed by atoms with Crippen LogP contribution in [0.25, 0.3) is 0 Å². The summed E-state index contributed by atoms with van der Waals surface area (Å²) in [5.41, 5.74) is 0.840. The number of aliphatic carboxylic acids is 1. The van der Waals surface area contributed by atoms with E-state index in [1.54, 1.807) is 36.2 Å². The molecule has 5 heteroatoms. The lowest BCUT2D eigenvalue weighted by molar-refractivity contribution is -0.135. The molecule has 1 N–H and O–H groups in total. The monoisotopic (exact) mass is 235 g/mol. The summed E-state index contributed by atoms with van der Waals surface area (Å²) in [6.45, 7) is -0.0123. The summed E-state index contributed by atoms with van der Waals surface area (Å²) in [5, 5.41) is 9.18. The Morgan fingerprint density at radius 1 is 1.43 bits per heavy atom. The lowest BCUT2D eigenvalue weighted by atomic mass is 10.3. The highest BCUT2D eigenvalue weighted by Gasteiger charge is 2.04. The van der Waals surface area contributed by atoms with Crippen molar-refractivity contribution in [1.82, 2.24) is 0 Å². The van der Waals surface area contributed by atoms with Crippen LogP contribution in [0.2, 0.25) is 5.02 Å². The van der Waals surface area contributed by atoms with Crippen LogP contribution in [0.5, 0.6) is 0 Å². The number of carboxylic acid groups (broad SMARTS) is 1. The van der Waals surface area contributed by atoms with Crippen LogP contribution in [0.15, 0.2) is 24.3 Å². The Bertz CT molecular complexity index is 300. The van der Waals surface area contributed by atoms with Gasteiger partial charge in [0.05, 0.1) is 0 Å². The van der Waals surface area contributed by atoms with E-state index in [4.69, 9.17) is 16.7 Å². The Labute approximate surface area is 93.7 Å². The zero-order valence-electron chi connectivity index (χ0n) is 7.61. The molecule has 0 radical (unpaired) electrons. The van der Waals surface area contributed by atoms with Gasteiger partial charge < -0.3 is 10.0 Å². The molecule has 0 aliphatic carbocycles. The van der Waals surface area contributed by atoms with Gasteiger partial charge in [-0.3, -0.25) is 4.79 Å². The topological polar surface area (TPSA) is 40.5 Å². The zero-order chi connectivity index (χ0) is 9.84. The van der Waals surface area contributed by atoms with Crippen molar-refractivity contribution in [3.8, 4) is 0 Å². The molecule has 0 bridgehead atoms. The standard InChI is InChI=1S/C9H10ClNO2.ClH/c1-11(6-9(12)13)8-4-2-7(10)3-5-8;/h2-5H,6H2,1H3,(H,12,13);1H. The second kappa shape index (κ2) is 5.73. The van der Waals surface area contributed by atoms with Crippen molar-refractivity contribution < 1.29 is 9.90 Å². The molecule has 78 valence electrons. The summed E-state index contributed by atoms with van der Waals surface area (Å²) in [4.78, 5) is 12.0. The first kappa shape index (κ1) is 13.1. The summed E-state index contributed by atoms with van der Waals surface area (Å²) >= 11 is 5.69. The largest absolute Gasteiger partial charge is 0.480 e. The van der Waals surface area contributed by atoms with Gasteiger partial charge in [0.15, 0.2) is 0 Å². The molecule has 0 saturated heterocycles. The molecular formula is C9H11Cl2NO2. The molecule has 0 saturated carbocycles. The molecule has 0 atom stereocenters. The second-order valence-corrected chi connectivity index (χ2v) is 3.16. The van der Waals surface area contributed by atoms with Crippen LogP contribution in [0.1, 0.15) is 0 Å². The van der Waals surface area contributed by atoms with Crippen molar-refractivity contribution in [2.45, 2.75) is 0 Å². The summed E-state index contributed by atoms with van der Waals surface area (Å²) in [7, 11) is 1.72. The summed E-state index contributed by atoms with van der Waals surface area (Å²) < 4.78 is 0. The lowest BCUT2D eigenvalue weighted by Crippen LogP contribution is -2.24. The first-order valence-electron chi connectivity index (χ1n) is 3.78. The van der Waals surface area contributed by atoms with Gasteiger partial charge in [0.2, 0.25) is 0 Å². The van der Waals surface area contributed by atoms with Gasteiger partial charge in [0.1, 0.15) is 6.54 Å². The van der Waals surface area contributed by atoms with Crippen LogP contribution in [-0.4, -0.2) is 24.7 Å². The molecule has 0 unspecified atom stereocenters. The number of likely N-dealkylation sites (N-methyl/N-ethyl adjacent to an activating group) is 1. The fraction of sp³-hybridized carbons (Fsp3) is 0.222. The van der Waals surface area contributed by atoms with Crippen LogP contribution in [0.4, 0.5) is 5.69 Å². The van der Waals surface area contributed by atoms with Gasteiger partial charge in [-0.1, -0.05) is 11.6 Å². The van der Waals surface area contributed by atoms with E-state index in [-0.39, 0.29) is 19.0 Å². The van der Waals surface area contributed by atoms with E-state index in [9.17, 15) is 4.79 Å². The van der Waals surface area contributed by atoms with E-state index in [0.717, 1.165) is 5.69 Å². The van der Waals surface area contributed by atoms with Crippen LogP contribution in [-0.2, 0) is 4.79 Å². The molecule has 1 rings (SSSR count). The molecule has 0 aromatic heterocycles. The van der Waals surface area contributed by atoms with Crippen molar-refractivity contribution in [2.24, 2.45) is 0 Å². The predicted octanol–water partition coefficient (Wildman–Crippen LogP) is 2.28. The van der Waals surface area contributed by atoms with Gasteiger partial charge in [-0.15, -0.1) is 12.4 Å². The third kappa shape index (κ3) is 3.85. The molecule has 1 aromatic rings. The van der Waals surface area contributed by atoms with Crippen molar-refractivity contribution in [1.29, 1.82) is 0 Å². The highest BCUT2D eigenvalue weighted by Crippen LogP contribution is 2.16. The number of nitrogens with zero attached hydrogens (tertiary/aromatic N) is 1. The molecule has 0 amide bonds. The van der Waals surface area contributed by atoms with E-state index in [1.165, 1.54) is 0 Å². The van der Waals surface area contributed by atoms with Gasteiger partial charge in [-0.05, 0) is 24.3 Å². The minimum atomic E-state index is -0.850. The maximum atomic E-state index is 10.4. The molecular weight excluding hydrogens is 225 g/mol. The fourth-order valence-corrected chi connectivity index (χ4v) is 1.12.